The zero-order valence-corrected chi connectivity index (χ0v) is 20.5. The van der Waals surface area contributed by atoms with Crippen LogP contribution in [0.4, 0.5) is 0 Å². The number of nitrogens with zero attached hydrogens (tertiary/aromatic N) is 2. The van der Waals surface area contributed by atoms with Crippen LogP contribution in [0.1, 0.15) is 29.7 Å². The molecule has 34 heavy (non-hydrogen) atoms. The Balaban J connectivity index is 1.59. The number of carbonyl (C=O) groups is 1. The minimum absolute atomic E-state index is 0.124. The van der Waals surface area contributed by atoms with Crippen molar-refractivity contribution in [1.29, 1.82) is 0 Å². The van der Waals surface area contributed by atoms with E-state index in [0.717, 1.165) is 5.56 Å². The summed E-state index contributed by atoms with van der Waals surface area (Å²) in [6, 6.07) is 20.5. The Kier molecular flexibility index (Phi) is 7.03. The van der Waals surface area contributed by atoms with Crippen molar-refractivity contribution in [1.82, 2.24) is 14.9 Å². The summed E-state index contributed by atoms with van der Waals surface area (Å²) in [5.74, 6) is 0.703. The molecule has 0 bridgehead atoms. The minimum atomic E-state index is -0.179. The van der Waals surface area contributed by atoms with Crippen LogP contribution in [0, 0.1) is 13.8 Å². The lowest BCUT2D eigenvalue weighted by atomic mass is 10.0. The smallest absolute Gasteiger partial charge is 0.266 e. The fourth-order valence-electron chi connectivity index (χ4n) is 3.70. The summed E-state index contributed by atoms with van der Waals surface area (Å²) in [4.78, 5) is 30.8. The van der Waals surface area contributed by atoms with E-state index < -0.39 is 0 Å². The van der Waals surface area contributed by atoms with Gasteiger partial charge in [-0.05, 0) is 73.9 Å². The summed E-state index contributed by atoms with van der Waals surface area (Å²) in [5.41, 5.74) is 4.55. The fraction of sp³-hybridized carbons (Fsp3) is 0.222. The van der Waals surface area contributed by atoms with E-state index in [1.54, 1.807) is 35.9 Å². The molecule has 1 unspecified atom stereocenters. The molecule has 1 heterocycles. The van der Waals surface area contributed by atoms with Gasteiger partial charge in [-0.1, -0.05) is 42.1 Å². The zero-order valence-electron chi connectivity index (χ0n) is 19.7. The van der Waals surface area contributed by atoms with E-state index in [0.29, 0.717) is 27.5 Å². The van der Waals surface area contributed by atoms with Crippen molar-refractivity contribution in [2.24, 2.45) is 0 Å². The second kappa shape index (κ2) is 10.1. The van der Waals surface area contributed by atoms with Gasteiger partial charge in [0.25, 0.3) is 5.56 Å². The molecule has 7 heteroatoms. The predicted molar refractivity (Wildman–Crippen MR) is 137 cm³/mol. The van der Waals surface area contributed by atoms with Crippen LogP contribution in [-0.2, 0) is 4.79 Å². The van der Waals surface area contributed by atoms with Crippen LogP contribution in [0.3, 0.4) is 0 Å². The second-order valence-electron chi connectivity index (χ2n) is 8.17. The van der Waals surface area contributed by atoms with Crippen LogP contribution in [0.15, 0.2) is 76.7 Å². The van der Waals surface area contributed by atoms with Crippen molar-refractivity contribution in [3.63, 3.8) is 0 Å². The molecule has 4 rings (SSSR count). The third kappa shape index (κ3) is 4.99. The quantitative estimate of drug-likeness (QED) is 0.303. The number of thioether (sulfide) groups is 1. The molecule has 0 aliphatic carbocycles. The number of hydrogen-bond donors (Lipinski definition) is 1. The molecule has 174 valence electrons. The summed E-state index contributed by atoms with van der Waals surface area (Å²) in [6.45, 7) is 6.10. The maximum atomic E-state index is 13.3. The third-order valence-electron chi connectivity index (χ3n) is 5.82. The topological polar surface area (TPSA) is 73.2 Å². The first-order valence-electron chi connectivity index (χ1n) is 11.0. The Morgan fingerprint density at radius 3 is 2.50 bits per heavy atom. The predicted octanol–water partition coefficient (Wildman–Crippen LogP) is 4.98. The summed E-state index contributed by atoms with van der Waals surface area (Å²) in [7, 11) is 1.59. The molecule has 0 fully saturated rings. The first-order chi connectivity index (χ1) is 16.4. The highest BCUT2D eigenvalue weighted by atomic mass is 32.2. The standard InChI is InChI=1S/C27H27N3O3S/c1-17-9-10-20(15-18(17)2)19(3)28-25(31)16-34-27-29-24-8-6-5-7-23(24)26(32)30(27)21-11-13-22(33-4)14-12-21/h5-15,19H,16H2,1-4H3,(H,28,31). The second-order valence-corrected chi connectivity index (χ2v) is 9.11. The summed E-state index contributed by atoms with van der Waals surface area (Å²) in [6.07, 6.45) is 0. The number of para-hydroxylation sites is 1. The van der Waals surface area contributed by atoms with Gasteiger partial charge in [-0.15, -0.1) is 0 Å². The average molecular weight is 474 g/mol. The van der Waals surface area contributed by atoms with Crippen molar-refractivity contribution in [2.75, 3.05) is 12.9 Å². The van der Waals surface area contributed by atoms with E-state index in [-0.39, 0.29) is 23.3 Å². The Bertz CT molecular complexity index is 1400. The van der Waals surface area contributed by atoms with Crippen LogP contribution < -0.4 is 15.6 Å². The molecular weight excluding hydrogens is 446 g/mol. The minimum Gasteiger partial charge on any atom is -0.497 e. The number of methoxy groups -OCH3 is 1. The van der Waals surface area contributed by atoms with E-state index in [4.69, 9.17) is 9.72 Å². The van der Waals surface area contributed by atoms with Gasteiger partial charge < -0.3 is 10.1 Å². The Morgan fingerprint density at radius 1 is 1.06 bits per heavy atom. The molecule has 1 amide bonds. The lowest BCUT2D eigenvalue weighted by Crippen LogP contribution is -2.29. The van der Waals surface area contributed by atoms with E-state index >= 15 is 0 Å². The lowest BCUT2D eigenvalue weighted by molar-refractivity contribution is -0.119. The van der Waals surface area contributed by atoms with Crippen LogP contribution in [0.5, 0.6) is 5.75 Å². The van der Waals surface area contributed by atoms with Gasteiger partial charge in [0.15, 0.2) is 5.16 Å². The van der Waals surface area contributed by atoms with E-state index in [1.165, 1.54) is 22.9 Å². The number of fused-ring (bicyclic) bond motifs is 1. The molecule has 0 aliphatic rings. The molecule has 3 aromatic carbocycles. The molecule has 0 aliphatic heterocycles. The van der Waals surface area contributed by atoms with Gasteiger partial charge in [0, 0.05) is 0 Å². The number of ether oxygens (including phenoxy) is 1. The van der Waals surface area contributed by atoms with Crippen LogP contribution >= 0.6 is 11.8 Å². The summed E-state index contributed by atoms with van der Waals surface area (Å²) >= 11 is 1.24. The summed E-state index contributed by atoms with van der Waals surface area (Å²) in [5, 5.41) is 4.03. The number of amides is 1. The number of rotatable bonds is 7. The number of aryl methyl sites for hydroxylation is 2. The average Bonchev–Trinajstić information content (AvgIpc) is 2.84. The van der Waals surface area contributed by atoms with Crippen molar-refractivity contribution < 1.29 is 9.53 Å². The summed E-state index contributed by atoms with van der Waals surface area (Å²) < 4.78 is 6.79. The van der Waals surface area contributed by atoms with Gasteiger partial charge in [0.2, 0.25) is 5.91 Å². The van der Waals surface area contributed by atoms with Crippen molar-refractivity contribution in [2.45, 2.75) is 32.0 Å². The number of nitrogens with one attached hydrogen (secondary N) is 1. The molecule has 1 atom stereocenters. The normalized spacial score (nSPS) is 11.9. The molecule has 1 aromatic heterocycles. The number of hydrogen-bond acceptors (Lipinski definition) is 5. The third-order valence-corrected chi connectivity index (χ3v) is 6.75. The van der Waals surface area contributed by atoms with Gasteiger partial charge >= 0.3 is 0 Å². The highest BCUT2D eigenvalue weighted by Gasteiger charge is 2.16. The van der Waals surface area contributed by atoms with Crippen LogP contribution in [-0.4, -0.2) is 28.3 Å². The number of carbonyl (C=O) groups excluding carboxylic acids is 1. The van der Waals surface area contributed by atoms with Gasteiger partial charge in [-0.2, -0.15) is 0 Å². The maximum absolute atomic E-state index is 13.3. The van der Waals surface area contributed by atoms with Crippen molar-refractivity contribution >= 4 is 28.6 Å². The SMILES string of the molecule is COc1ccc(-n2c(SCC(=O)NC(C)c3ccc(C)c(C)c3)nc3ccccc3c2=O)cc1. The molecule has 6 nitrogen and oxygen atoms in total. The first-order valence-corrected chi connectivity index (χ1v) is 12.0. The lowest BCUT2D eigenvalue weighted by Gasteiger charge is -2.16. The van der Waals surface area contributed by atoms with E-state index in [9.17, 15) is 9.59 Å². The molecule has 0 saturated carbocycles. The van der Waals surface area contributed by atoms with E-state index in [2.05, 4.69) is 31.3 Å². The Labute approximate surface area is 203 Å². The van der Waals surface area contributed by atoms with Crippen molar-refractivity contribution in [3.8, 4) is 11.4 Å². The molecule has 4 aromatic rings. The van der Waals surface area contributed by atoms with Crippen LogP contribution in [0.25, 0.3) is 16.6 Å². The Morgan fingerprint density at radius 2 is 1.79 bits per heavy atom. The molecular formula is C27H27N3O3S. The van der Waals surface area contributed by atoms with Gasteiger partial charge in [-0.3, -0.25) is 14.2 Å². The van der Waals surface area contributed by atoms with Gasteiger partial charge in [0.05, 0.1) is 35.5 Å². The molecule has 0 spiro atoms. The van der Waals surface area contributed by atoms with E-state index in [1.807, 2.05) is 37.3 Å². The van der Waals surface area contributed by atoms with Crippen molar-refractivity contribution in [3.05, 3.63) is 93.8 Å². The molecule has 0 saturated heterocycles. The molecule has 0 radical (unpaired) electrons. The monoisotopic (exact) mass is 473 g/mol. The van der Waals surface area contributed by atoms with Gasteiger partial charge in [-0.25, -0.2) is 4.98 Å². The Hall–Kier alpha value is -3.58. The van der Waals surface area contributed by atoms with Crippen LogP contribution in [0.2, 0.25) is 0 Å². The first kappa shape index (κ1) is 23.6. The highest BCUT2D eigenvalue weighted by Crippen LogP contribution is 2.23. The maximum Gasteiger partial charge on any atom is 0.266 e. The number of aromatic nitrogens is 2. The largest absolute Gasteiger partial charge is 0.497 e. The fourth-order valence-corrected chi connectivity index (χ4v) is 4.52. The molecule has 1 N–H and O–H groups in total. The number of benzene rings is 3. The van der Waals surface area contributed by atoms with Gasteiger partial charge in [0.1, 0.15) is 5.75 Å². The highest BCUT2D eigenvalue weighted by molar-refractivity contribution is 7.99. The zero-order chi connectivity index (χ0) is 24.2.